The monoisotopic (exact) mass is 509 g/mol. The minimum absolute atomic E-state index is 0.0125. The van der Waals surface area contributed by atoms with Crippen molar-refractivity contribution in [2.45, 2.75) is 58.7 Å². The first-order valence-corrected chi connectivity index (χ1v) is 12.2. The molecule has 4 aromatic rings. The second-order valence-corrected chi connectivity index (χ2v) is 10.7. The topological polar surface area (TPSA) is 92.6 Å². The van der Waals surface area contributed by atoms with Crippen LogP contribution >= 0.6 is 0 Å². The van der Waals surface area contributed by atoms with E-state index in [2.05, 4.69) is 15.0 Å². The van der Waals surface area contributed by atoms with Gasteiger partial charge in [0.25, 0.3) is 5.56 Å². The molecule has 0 atom stereocenters. The van der Waals surface area contributed by atoms with Crippen molar-refractivity contribution in [2.75, 3.05) is 13.1 Å². The number of imidazole rings is 1. The molecule has 0 saturated carbocycles. The third-order valence-electron chi connectivity index (χ3n) is 6.59. The first-order valence-electron chi connectivity index (χ1n) is 12.2. The zero-order chi connectivity index (χ0) is 26.7. The van der Waals surface area contributed by atoms with Crippen molar-refractivity contribution in [1.29, 1.82) is 0 Å². The highest BCUT2D eigenvalue weighted by molar-refractivity contribution is 5.86. The van der Waals surface area contributed by atoms with E-state index in [9.17, 15) is 14.0 Å². The Morgan fingerprint density at radius 3 is 2.46 bits per heavy atom. The number of piperidine rings is 1. The average Bonchev–Trinajstić information content (AvgIpc) is 3.19. The van der Waals surface area contributed by atoms with Crippen molar-refractivity contribution >= 4 is 22.6 Å². The summed E-state index contributed by atoms with van der Waals surface area (Å²) in [4.78, 5) is 38.2. The van der Waals surface area contributed by atoms with Gasteiger partial charge in [0.15, 0.2) is 17.1 Å². The first-order chi connectivity index (χ1) is 17.3. The van der Waals surface area contributed by atoms with Crippen molar-refractivity contribution in [3.8, 4) is 11.1 Å². The van der Waals surface area contributed by atoms with Crippen LogP contribution in [0.25, 0.3) is 27.7 Å². The molecule has 1 saturated heterocycles. The van der Waals surface area contributed by atoms with Crippen LogP contribution in [0.5, 0.6) is 0 Å². The number of ether oxygens (including phenoxy) is 1. The van der Waals surface area contributed by atoms with Gasteiger partial charge < -0.3 is 19.0 Å². The fourth-order valence-corrected chi connectivity index (χ4v) is 4.74. The maximum absolute atomic E-state index is 16.0. The van der Waals surface area contributed by atoms with Crippen LogP contribution in [0.1, 0.15) is 50.7 Å². The number of H-pyrrole nitrogens is 1. The Balaban J connectivity index is 1.46. The van der Waals surface area contributed by atoms with Gasteiger partial charge in [-0.1, -0.05) is 0 Å². The van der Waals surface area contributed by atoms with Crippen LogP contribution in [0.3, 0.4) is 0 Å². The van der Waals surface area contributed by atoms with E-state index in [1.807, 2.05) is 0 Å². The first kappa shape index (κ1) is 24.9. The number of rotatable bonds is 2. The van der Waals surface area contributed by atoms with Crippen LogP contribution in [0.4, 0.5) is 13.6 Å². The number of aryl methyl sites for hydroxylation is 2. The van der Waals surface area contributed by atoms with Gasteiger partial charge in [0.1, 0.15) is 11.4 Å². The second-order valence-electron chi connectivity index (χ2n) is 10.7. The van der Waals surface area contributed by atoms with Gasteiger partial charge in [0.05, 0.1) is 16.6 Å². The summed E-state index contributed by atoms with van der Waals surface area (Å²) in [6.07, 6.45) is 2.97. The van der Waals surface area contributed by atoms with E-state index in [1.165, 1.54) is 11.0 Å². The molecule has 1 fully saturated rings. The second kappa shape index (κ2) is 8.64. The smallest absolute Gasteiger partial charge is 0.410 e. The normalized spacial score (nSPS) is 15.9. The largest absolute Gasteiger partial charge is 0.444 e. The summed E-state index contributed by atoms with van der Waals surface area (Å²) in [6, 6.07) is 4.82. The molecule has 10 heteroatoms. The highest BCUT2D eigenvalue weighted by Crippen LogP contribution is 2.36. The fraction of sp³-hybridized carbons (Fsp3) is 0.407. The zero-order valence-corrected chi connectivity index (χ0v) is 21.5. The van der Waals surface area contributed by atoms with Crippen molar-refractivity contribution in [3.05, 3.63) is 63.8 Å². The molecule has 1 N–H and O–H groups in total. The number of carbonyl (C=O) groups excluding carboxylic acids is 1. The minimum Gasteiger partial charge on any atom is -0.444 e. The van der Waals surface area contributed by atoms with E-state index in [0.717, 1.165) is 0 Å². The maximum Gasteiger partial charge on any atom is 0.410 e. The average molecular weight is 510 g/mol. The summed E-state index contributed by atoms with van der Waals surface area (Å²) in [6.45, 7) is 9.19. The third kappa shape index (κ3) is 4.68. The number of nitrogens with zero attached hydrogens (tertiary/aromatic N) is 4. The van der Waals surface area contributed by atoms with Gasteiger partial charge in [-0.05, 0) is 63.9 Å². The van der Waals surface area contributed by atoms with E-state index < -0.39 is 28.7 Å². The maximum atomic E-state index is 16.0. The summed E-state index contributed by atoms with van der Waals surface area (Å²) in [5.41, 5.74) is 0.181. The van der Waals surface area contributed by atoms with Gasteiger partial charge in [0, 0.05) is 43.9 Å². The van der Waals surface area contributed by atoms with Crippen LogP contribution in [0.15, 0.2) is 35.4 Å². The number of hydrogen-bond acceptors (Lipinski definition) is 5. The number of nitrogens with one attached hydrogen (secondary N) is 1. The Hall–Kier alpha value is -3.82. The molecule has 1 amide bonds. The standard InChI is InChI=1S/C27H29F2N5O3/c1-15-10-17(18-12-20(28)22-30-16(2)13-34(22)14-18)11-19-21(15)31-24(32-23(19)35)27(29)6-8-33(9-7-27)25(36)37-26(3,4)5/h10-14H,6-9H2,1-5H3,(H,31,32,35). The summed E-state index contributed by atoms with van der Waals surface area (Å²) in [7, 11) is 0. The lowest BCUT2D eigenvalue weighted by molar-refractivity contribution is 0.000199. The lowest BCUT2D eigenvalue weighted by atomic mass is 9.92. The summed E-state index contributed by atoms with van der Waals surface area (Å²) >= 11 is 0. The summed E-state index contributed by atoms with van der Waals surface area (Å²) in [5, 5.41) is 0.288. The number of aromatic nitrogens is 4. The van der Waals surface area contributed by atoms with Gasteiger partial charge in [0.2, 0.25) is 0 Å². The van der Waals surface area contributed by atoms with E-state index in [1.54, 1.807) is 63.5 Å². The van der Waals surface area contributed by atoms with Gasteiger partial charge in [-0.3, -0.25) is 4.79 Å². The van der Waals surface area contributed by atoms with E-state index in [-0.39, 0.29) is 42.8 Å². The van der Waals surface area contributed by atoms with E-state index >= 15 is 4.39 Å². The quantitative estimate of drug-likeness (QED) is 0.402. The van der Waals surface area contributed by atoms with Crippen molar-refractivity contribution < 1.29 is 18.3 Å². The molecule has 4 heterocycles. The number of alkyl halides is 1. The molecule has 0 bridgehead atoms. The molecule has 8 nitrogen and oxygen atoms in total. The van der Waals surface area contributed by atoms with Gasteiger partial charge in [-0.15, -0.1) is 0 Å². The molecule has 194 valence electrons. The molecule has 0 spiro atoms. The number of carbonyl (C=O) groups is 1. The Morgan fingerprint density at radius 2 is 1.78 bits per heavy atom. The Morgan fingerprint density at radius 1 is 1.08 bits per heavy atom. The van der Waals surface area contributed by atoms with Gasteiger partial charge in [-0.25, -0.2) is 23.5 Å². The fourth-order valence-electron chi connectivity index (χ4n) is 4.74. The van der Waals surface area contributed by atoms with Crippen molar-refractivity contribution in [1.82, 2.24) is 24.3 Å². The number of amides is 1. The molecule has 37 heavy (non-hydrogen) atoms. The molecule has 3 aromatic heterocycles. The van der Waals surface area contributed by atoms with Crippen LogP contribution in [0, 0.1) is 19.7 Å². The van der Waals surface area contributed by atoms with Crippen LogP contribution in [-0.2, 0) is 10.4 Å². The minimum atomic E-state index is -1.88. The van der Waals surface area contributed by atoms with Crippen LogP contribution in [-0.4, -0.2) is 49.0 Å². The summed E-state index contributed by atoms with van der Waals surface area (Å²) in [5.74, 6) is -0.520. The third-order valence-corrected chi connectivity index (χ3v) is 6.59. The highest BCUT2D eigenvalue weighted by atomic mass is 19.1. The van der Waals surface area contributed by atoms with Gasteiger partial charge >= 0.3 is 6.09 Å². The highest BCUT2D eigenvalue weighted by Gasteiger charge is 2.41. The van der Waals surface area contributed by atoms with Crippen molar-refractivity contribution in [3.63, 3.8) is 0 Å². The van der Waals surface area contributed by atoms with Crippen LogP contribution in [0.2, 0.25) is 0 Å². The molecule has 1 aromatic carbocycles. The van der Waals surface area contributed by atoms with Gasteiger partial charge in [-0.2, -0.15) is 0 Å². The Bertz CT molecular complexity index is 1590. The molecule has 0 aliphatic carbocycles. The predicted octanol–water partition coefficient (Wildman–Crippen LogP) is 5.19. The summed E-state index contributed by atoms with van der Waals surface area (Å²) < 4.78 is 37.7. The molecule has 5 rings (SSSR count). The van der Waals surface area contributed by atoms with E-state index in [4.69, 9.17) is 4.74 Å². The van der Waals surface area contributed by atoms with E-state index in [0.29, 0.717) is 27.9 Å². The lowest BCUT2D eigenvalue weighted by Crippen LogP contribution is -2.46. The number of hydrogen-bond donors (Lipinski definition) is 1. The number of halogens is 2. The SMILES string of the molecule is Cc1cn2cc(-c3cc(C)c4nc(C5(F)CCN(C(=O)OC(C)(C)C)CC5)[nH]c(=O)c4c3)cc(F)c2n1. The zero-order valence-electron chi connectivity index (χ0n) is 21.5. The molecular weight excluding hydrogens is 480 g/mol. The Labute approximate surface area is 212 Å². The predicted molar refractivity (Wildman–Crippen MR) is 136 cm³/mol. The molecular formula is C27H29F2N5O3. The van der Waals surface area contributed by atoms with Crippen molar-refractivity contribution in [2.24, 2.45) is 0 Å². The number of pyridine rings is 1. The lowest BCUT2D eigenvalue weighted by Gasteiger charge is -2.36. The number of likely N-dealkylation sites (tertiary alicyclic amines) is 1. The molecule has 0 unspecified atom stereocenters. The number of fused-ring (bicyclic) bond motifs is 2. The number of benzene rings is 1. The molecule has 1 aliphatic heterocycles. The molecule has 1 aliphatic rings. The Kier molecular flexibility index (Phi) is 5.80. The van der Waals surface area contributed by atoms with Crippen LogP contribution < -0.4 is 5.56 Å². The molecule has 0 radical (unpaired) electrons. The number of aromatic amines is 1.